The van der Waals surface area contributed by atoms with Crippen molar-refractivity contribution < 1.29 is 9.53 Å². The third kappa shape index (κ3) is 4.02. The van der Waals surface area contributed by atoms with Gasteiger partial charge >= 0.3 is 6.01 Å². The summed E-state index contributed by atoms with van der Waals surface area (Å²) in [6.07, 6.45) is 4.88. The highest BCUT2D eigenvalue weighted by Gasteiger charge is 2.24. The summed E-state index contributed by atoms with van der Waals surface area (Å²) in [6.45, 7) is 7.83. The number of aryl methyl sites for hydroxylation is 1. The highest BCUT2D eigenvalue weighted by atomic mass is 16.5. The molecule has 1 aliphatic heterocycles. The number of fused-ring (bicyclic) bond motifs is 1. The Hall–Kier alpha value is -3.33. The highest BCUT2D eigenvalue weighted by Crippen LogP contribution is 2.30. The predicted octanol–water partition coefficient (Wildman–Crippen LogP) is 2.18. The molecular formula is C21H25N7O2. The second kappa shape index (κ2) is 8.19. The van der Waals surface area contributed by atoms with Gasteiger partial charge in [0.2, 0.25) is 0 Å². The molecule has 1 aliphatic rings. The molecule has 1 aromatic carbocycles. The van der Waals surface area contributed by atoms with E-state index in [2.05, 4.69) is 49.3 Å². The normalized spacial score (nSPS) is 19.0. The molecule has 2 aromatic heterocycles. The lowest BCUT2D eigenvalue weighted by Gasteiger charge is -2.38. The molecule has 0 unspecified atom stereocenters. The molecule has 2 N–H and O–H groups in total. The van der Waals surface area contributed by atoms with Crippen LogP contribution in [0.5, 0.6) is 6.01 Å². The number of aromatic nitrogens is 4. The van der Waals surface area contributed by atoms with E-state index in [9.17, 15) is 4.79 Å². The lowest BCUT2D eigenvalue weighted by molar-refractivity contribution is 0.102. The number of carbonyl (C=O) groups excluding carboxylic acids is 1. The van der Waals surface area contributed by atoms with Crippen molar-refractivity contribution in [2.45, 2.75) is 32.9 Å². The molecule has 0 spiro atoms. The average molecular weight is 407 g/mol. The molecule has 2 atom stereocenters. The third-order valence-corrected chi connectivity index (χ3v) is 5.07. The van der Waals surface area contributed by atoms with Crippen LogP contribution in [0.3, 0.4) is 0 Å². The smallest absolute Gasteiger partial charge is 0.316 e. The summed E-state index contributed by atoms with van der Waals surface area (Å²) in [6, 6.07) is 4.68. The third-order valence-electron chi connectivity index (χ3n) is 5.07. The summed E-state index contributed by atoms with van der Waals surface area (Å²) in [5.74, 6) is 0.349. The highest BCUT2D eigenvalue weighted by molar-refractivity contribution is 6.13. The minimum atomic E-state index is -0.290. The summed E-state index contributed by atoms with van der Waals surface area (Å²) in [5, 5.41) is 7.19. The molecule has 9 nitrogen and oxygen atoms in total. The predicted molar refractivity (Wildman–Crippen MR) is 115 cm³/mol. The van der Waals surface area contributed by atoms with Crippen molar-refractivity contribution in [3.05, 3.63) is 42.1 Å². The molecule has 0 aliphatic carbocycles. The topological polar surface area (TPSA) is 105 Å². The zero-order valence-electron chi connectivity index (χ0n) is 17.5. The molecule has 1 fully saturated rings. The molecule has 3 heterocycles. The van der Waals surface area contributed by atoms with E-state index in [4.69, 9.17) is 4.74 Å². The molecule has 0 saturated carbocycles. The van der Waals surface area contributed by atoms with Gasteiger partial charge in [0.25, 0.3) is 5.91 Å². The van der Waals surface area contributed by atoms with E-state index < -0.39 is 0 Å². The fourth-order valence-electron chi connectivity index (χ4n) is 3.83. The van der Waals surface area contributed by atoms with Crippen LogP contribution in [0, 0.1) is 6.92 Å². The Balaban J connectivity index is 1.75. The van der Waals surface area contributed by atoms with Crippen LogP contribution in [0.1, 0.15) is 30.0 Å². The molecule has 156 valence electrons. The summed E-state index contributed by atoms with van der Waals surface area (Å²) in [4.78, 5) is 32.3. The molecule has 0 bridgehead atoms. The van der Waals surface area contributed by atoms with E-state index in [1.54, 1.807) is 31.6 Å². The van der Waals surface area contributed by atoms with Crippen LogP contribution < -0.4 is 20.3 Å². The van der Waals surface area contributed by atoms with Crippen LogP contribution in [0.25, 0.3) is 10.9 Å². The van der Waals surface area contributed by atoms with Crippen LogP contribution >= 0.6 is 0 Å². The molecule has 3 aromatic rings. The van der Waals surface area contributed by atoms with Crippen molar-refractivity contribution in [2.75, 3.05) is 30.4 Å². The quantitative estimate of drug-likeness (QED) is 0.678. The maximum atomic E-state index is 13.0. The maximum Gasteiger partial charge on any atom is 0.316 e. The number of hydrogen-bond donors (Lipinski definition) is 2. The van der Waals surface area contributed by atoms with Gasteiger partial charge in [0.15, 0.2) is 0 Å². The van der Waals surface area contributed by atoms with E-state index >= 15 is 0 Å². The molecule has 1 amide bonds. The zero-order valence-corrected chi connectivity index (χ0v) is 17.5. The minimum Gasteiger partial charge on any atom is -0.467 e. The van der Waals surface area contributed by atoms with Gasteiger partial charge in [-0.25, -0.2) is 15.0 Å². The van der Waals surface area contributed by atoms with Crippen LogP contribution in [0.4, 0.5) is 11.4 Å². The summed E-state index contributed by atoms with van der Waals surface area (Å²) < 4.78 is 5.21. The number of rotatable bonds is 4. The number of nitrogens with one attached hydrogen (secondary N) is 2. The number of amides is 1. The molecule has 1 saturated heterocycles. The largest absolute Gasteiger partial charge is 0.467 e. The zero-order chi connectivity index (χ0) is 21.3. The molecule has 4 rings (SSSR count). The number of piperazine rings is 1. The van der Waals surface area contributed by atoms with Crippen molar-refractivity contribution >= 4 is 28.2 Å². The van der Waals surface area contributed by atoms with E-state index in [-0.39, 0.29) is 11.9 Å². The van der Waals surface area contributed by atoms with Crippen LogP contribution in [-0.4, -0.2) is 58.1 Å². The van der Waals surface area contributed by atoms with Crippen LogP contribution in [0.2, 0.25) is 0 Å². The second-order valence-electron chi connectivity index (χ2n) is 7.60. The van der Waals surface area contributed by atoms with Crippen molar-refractivity contribution in [3.63, 3.8) is 0 Å². The number of nitrogens with zero attached hydrogens (tertiary/aromatic N) is 5. The second-order valence-corrected chi connectivity index (χ2v) is 7.60. The Labute approximate surface area is 174 Å². The maximum absolute atomic E-state index is 13.0. The number of carbonyl (C=O) groups is 1. The van der Waals surface area contributed by atoms with Crippen LogP contribution in [-0.2, 0) is 0 Å². The fourth-order valence-corrected chi connectivity index (χ4v) is 3.83. The molecular weight excluding hydrogens is 382 g/mol. The standard InChI is InChI=1S/C21H25N7O2/c1-12-10-28(11-13(2)25-12)18-6-5-16(19-17(18)9-24-21(27-19)30-4)20(29)26-15-7-22-14(3)23-8-15/h5-9,12-13,25H,10-11H2,1-4H3,(H,26,29)/t12-,13-/m1/s1. The van der Waals surface area contributed by atoms with Gasteiger partial charge in [-0.2, -0.15) is 4.98 Å². The summed E-state index contributed by atoms with van der Waals surface area (Å²) >= 11 is 0. The van der Waals surface area contributed by atoms with E-state index in [1.165, 1.54) is 7.11 Å². The Morgan fingerprint density at radius 3 is 2.50 bits per heavy atom. The van der Waals surface area contributed by atoms with Gasteiger partial charge in [-0.1, -0.05) is 0 Å². The SMILES string of the molecule is COc1ncc2c(N3C[C@@H](C)N[C@H](C)C3)ccc(C(=O)Nc3cnc(C)nc3)c2n1. The first kappa shape index (κ1) is 20.0. The lowest BCUT2D eigenvalue weighted by atomic mass is 10.0. The Kier molecular flexibility index (Phi) is 5.45. The first-order valence-corrected chi connectivity index (χ1v) is 9.89. The first-order chi connectivity index (χ1) is 14.4. The number of anilines is 2. The molecule has 9 heteroatoms. The van der Waals surface area contributed by atoms with Gasteiger partial charge in [-0.05, 0) is 32.9 Å². The Morgan fingerprint density at radius 1 is 1.13 bits per heavy atom. The van der Waals surface area contributed by atoms with Gasteiger partial charge < -0.3 is 20.3 Å². The minimum absolute atomic E-state index is 0.217. The number of hydrogen-bond acceptors (Lipinski definition) is 8. The summed E-state index contributed by atoms with van der Waals surface area (Å²) in [7, 11) is 1.51. The van der Waals surface area contributed by atoms with Crippen molar-refractivity contribution in [2.24, 2.45) is 0 Å². The average Bonchev–Trinajstić information content (AvgIpc) is 2.73. The number of ether oxygens (including phenoxy) is 1. The van der Waals surface area contributed by atoms with Crippen molar-refractivity contribution in [1.29, 1.82) is 0 Å². The van der Waals surface area contributed by atoms with Crippen molar-refractivity contribution in [1.82, 2.24) is 25.3 Å². The van der Waals surface area contributed by atoms with Gasteiger partial charge in [0.05, 0.1) is 36.3 Å². The lowest BCUT2D eigenvalue weighted by Crippen LogP contribution is -2.54. The van der Waals surface area contributed by atoms with Crippen LogP contribution in [0.15, 0.2) is 30.7 Å². The Bertz CT molecular complexity index is 1060. The van der Waals surface area contributed by atoms with E-state index in [0.717, 1.165) is 24.2 Å². The fraction of sp³-hybridized carbons (Fsp3) is 0.381. The van der Waals surface area contributed by atoms with Gasteiger partial charge in [0.1, 0.15) is 5.82 Å². The van der Waals surface area contributed by atoms with E-state index in [0.29, 0.717) is 34.7 Å². The van der Waals surface area contributed by atoms with E-state index in [1.807, 2.05) is 6.07 Å². The molecule has 0 radical (unpaired) electrons. The molecule has 30 heavy (non-hydrogen) atoms. The summed E-state index contributed by atoms with van der Waals surface area (Å²) in [5.41, 5.74) is 2.51. The van der Waals surface area contributed by atoms with Crippen molar-refractivity contribution in [3.8, 4) is 6.01 Å². The first-order valence-electron chi connectivity index (χ1n) is 9.89. The number of benzene rings is 1. The van der Waals surface area contributed by atoms with Gasteiger partial charge in [0, 0.05) is 42.4 Å². The van der Waals surface area contributed by atoms with Gasteiger partial charge in [-0.15, -0.1) is 0 Å². The Morgan fingerprint density at radius 2 is 1.83 bits per heavy atom. The van der Waals surface area contributed by atoms with Gasteiger partial charge in [-0.3, -0.25) is 4.79 Å². The monoisotopic (exact) mass is 407 g/mol. The number of methoxy groups -OCH3 is 1.